The average molecular weight is 334 g/mol. The first-order valence-electron chi connectivity index (χ1n) is 7.62. The summed E-state index contributed by atoms with van der Waals surface area (Å²) in [5, 5.41) is 12.6. The molecule has 2 aromatic rings. The topological polar surface area (TPSA) is 79.3 Å². The van der Waals surface area contributed by atoms with E-state index in [1.807, 2.05) is 0 Å². The normalized spacial score (nSPS) is 29.1. The number of hydrogen-bond donors (Lipinski definition) is 2. The van der Waals surface area contributed by atoms with Gasteiger partial charge < -0.3 is 10.4 Å². The summed E-state index contributed by atoms with van der Waals surface area (Å²) in [4.78, 5) is 28.4. The van der Waals surface area contributed by atoms with Crippen LogP contribution in [0.25, 0.3) is 10.2 Å². The highest BCUT2D eigenvalue weighted by Gasteiger charge is 2.54. The number of rotatable bonds is 3. The van der Waals surface area contributed by atoms with Crippen LogP contribution < -0.4 is 5.32 Å². The van der Waals surface area contributed by atoms with E-state index < -0.39 is 17.8 Å². The highest BCUT2D eigenvalue weighted by Crippen LogP contribution is 2.52. The average Bonchev–Trinajstić information content (AvgIpc) is 3.18. The maximum absolute atomic E-state index is 13.2. The van der Waals surface area contributed by atoms with Crippen LogP contribution in [0.2, 0.25) is 0 Å². The summed E-state index contributed by atoms with van der Waals surface area (Å²) in [7, 11) is 0. The van der Waals surface area contributed by atoms with Crippen molar-refractivity contribution in [2.75, 3.05) is 5.32 Å². The van der Waals surface area contributed by atoms with Gasteiger partial charge in [0.1, 0.15) is 5.82 Å². The molecule has 2 bridgehead atoms. The molecule has 1 heterocycles. The summed E-state index contributed by atoms with van der Waals surface area (Å²) in [5.41, 5.74) is 0.620. The lowest BCUT2D eigenvalue weighted by atomic mass is 9.79. The number of carbonyl (C=O) groups excluding carboxylic acids is 1. The molecule has 7 heteroatoms. The number of benzene rings is 1. The van der Waals surface area contributed by atoms with Crippen molar-refractivity contribution >= 4 is 38.6 Å². The smallest absolute Gasteiger partial charge is 0.307 e. The molecule has 1 amide bonds. The number of carboxylic acid groups (broad SMARTS) is 1. The van der Waals surface area contributed by atoms with Crippen molar-refractivity contribution in [3.05, 3.63) is 24.0 Å². The highest BCUT2D eigenvalue weighted by atomic mass is 32.1. The van der Waals surface area contributed by atoms with Gasteiger partial charge in [-0.25, -0.2) is 9.37 Å². The minimum atomic E-state index is -0.885. The van der Waals surface area contributed by atoms with Gasteiger partial charge >= 0.3 is 5.97 Å². The molecule has 0 unspecified atom stereocenters. The zero-order valence-corrected chi connectivity index (χ0v) is 13.0. The third-order valence-electron chi connectivity index (χ3n) is 5.08. The summed E-state index contributed by atoms with van der Waals surface area (Å²) >= 11 is 1.20. The van der Waals surface area contributed by atoms with Crippen LogP contribution in [-0.4, -0.2) is 22.0 Å². The predicted octanol–water partition coefficient (Wildman–Crippen LogP) is 3.12. The Bertz CT molecular complexity index is 806. The molecular weight excluding hydrogens is 319 g/mol. The van der Waals surface area contributed by atoms with E-state index in [0.29, 0.717) is 15.3 Å². The molecule has 23 heavy (non-hydrogen) atoms. The first-order chi connectivity index (χ1) is 11.0. The van der Waals surface area contributed by atoms with E-state index in [0.717, 1.165) is 19.3 Å². The first-order valence-corrected chi connectivity index (χ1v) is 8.44. The van der Waals surface area contributed by atoms with Crippen molar-refractivity contribution in [2.24, 2.45) is 23.7 Å². The fourth-order valence-electron chi connectivity index (χ4n) is 4.16. The number of carboxylic acids is 1. The molecule has 4 rings (SSSR count). The van der Waals surface area contributed by atoms with Crippen LogP contribution in [0.4, 0.5) is 9.52 Å². The lowest BCUT2D eigenvalue weighted by Crippen LogP contribution is -2.37. The third kappa shape index (κ3) is 2.39. The minimum absolute atomic E-state index is 0.109. The SMILES string of the molecule is O=C(O)[C@@H]1[C@H]2CC[C@@H](C2)[C@@H]1C(=O)Nc1nc2ccc(F)cc2s1. The number of hydrogen-bond acceptors (Lipinski definition) is 4. The van der Waals surface area contributed by atoms with Crippen molar-refractivity contribution in [1.82, 2.24) is 4.98 Å². The van der Waals surface area contributed by atoms with E-state index >= 15 is 0 Å². The number of carbonyl (C=O) groups is 2. The fraction of sp³-hybridized carbons (Fsp3) is 0.438. The zero-order chi connectivity index (χ0) is 16.1. The molecule has 5 nitrogen and oxygen atoms in total. The molecule has 4 atom stereocenters. The van der Waals surface area contributed by atoms with Crippen molar-refractivity contribution < 1.29 is 19.1 Å². The van der Waals surface area contributed by atoms with E-state index in [9.17, 15) is 19.1 Å². The van der Waals surface area contributed by atoms with Gasteiger partial charge in [0.05, 0.1) is 22.1 Å². The van der Waals surface area contributed by atoms with E-state index in [1.165, 1.54) is 23.5 Å². The van der Waals surface area contributed by atoms with Gasteiger partial charge in [-0.15, -0.1) is 0 Å². The Hall–Kier alpha value is -2.02. The molecule has 1 aromatic carbocycles. The minimum Gasteiger partial charge on any atom is -0.481 e. The van der Waals surface area contributed by atoms with Crippen LogP contribution >= 0.6 is 11.3 Å². The lowest BCUT2D eigenvalue weighted by molar-refractivity contribution is -0.148. The second-order valence-electron chi connectivity index (χ2n) is 6.34. The van der Waals surface area contributed by atoms with Crippen LogP contribution in [0.1, 0.15) is 19.3 Å². The summed E-state index contributed by atoms with van der Waals surface area (Å²) in [6, 6.07) is 4.26. The number of aliphatic carboxylic acids is 1. The number of nitrogens with one attached hydrogen (secondary N) is 1. The number of anilines is 1. The van der Waals surface area contributed by atoms with Crippen LogP contribution in [0.5, 0.6) is 0 Å². The van der Waals surface area contributed by atoms with Crippen LogP contribution in [0.3, 0.4) is 0 Å². The molecule has 2 N–H and O–H groups in total. The largest absolute Gasteiger partial charge is 0.481 e. The van der Waals surface area contributed by atoms with E-state index in [-0.39, 0.29) is 23.6 Å². The Balaban J connectivity index is 1.57. The highest BCUT2D eigenvalue weighted by molar-refractivity contribution is 7.22. The Morgan fingerprint density at radius 3 is 2.74 bits per heavy atom. The van der Waals surface area contributed by atoms with Gasteiger partial charge in [-0.2, -0.15) is 0 Å². The Morgan fingerprint density at radius 2 is 2.00 bits per heavy atom. The number of fused-ring (bicyclic) bond motifs is 3. The van der Waals surface area contributed by atoms with Gasteiger partial charge in [0.15, 0.2) is 5.13 Å². The number of halogens is 1. The number of nitrogens with zero attached hydrogens (tertiary/aromatic N) is 1. The van der Waals surface area contributed by atoms with E-state index in [2.05, 4.69) is 10.3 Å². The standard InChI is InChI=1S/C16H15FN2O3S/c17-9-3-4-10-11(6-9)23-16(18-10)19-14(20)12-7-1-2-8(5-7)13(12)15(21)22/h3-4,6-8,12-13H,1-2,5H2,(H,21,22)(H,18,19,20)/t7-,8-,12-,13+/m0/s1. The predicted molar refractivity (Wildman–Crippen MR) is 83.7 cm³/mol. The molecule has 2 aliphatic rings. The Labute approximate surface area is 135 Å². The van der Waals surface area contributed by atoms with Gasteiger partial charge in [-0.3, -0.25) is 9.59 Å². The molecular formula is C16H15FN2O3S. The van der Waals surface area contributed by atoms with Crippen molar-refractivity contribution in [3.8, 4) is 0 Å². The second-order valence-corrected chi connectivity index (χ2v) is 7.37. The summed E-state index contributed by atoms with van der Waals surface area (Å²) in [5.74, 6) is -2.34. The van der Waals surface area contributed by atoms with Gasteiger partial charge in [-0.1, -0.05) is 11.3 Å². The van der Waals surface area contributed by atoms with Crippen molar-refractivity contribution in [2.45, 2.75) is 19.3 Å². The van der Waals surface area contributed by atoms with E-state index in [1.54, 1.807) is 6.07 Å². The van der Waals surface area contributed by atoms with E-state index in [4.69, 9.17) is 0 Å². The monoisotopic (exact) mass is 334 g/mol. The van der Waals surface area contributed by atoms with Gasteiger partial charge in [0.2, 0.25) is 5.91 Å². The van der Waals surface area contributed by atoms with Crippen molar-refractivity contribution in [3.63, 3.8) is 0 Å². The maximum Gasteiger partial charge on any atom is 0.307 e. The summed E-state index contributed by atoms with van der Waals surface area (Å²) < 4.78 is 13.9. The van der Waals surface area contributed by atoms with Gasteiger partial charge in [0.25, 0.3) is 0 Å². The van der Waals surface area contributed by atoms with Crippen LogP contribution in [0, 0.1) is 29.5 Å². The summed E-state index contributed by atoms with van der Waals surface area (Å²) in [6.45, 7) is 0. The quantitative estimate of drug-likeness (QED) is 0.904. The Morgan fingerprint density at radius 1 is 1.26 bits per heavy atom. The maximum atomic E-state index is 13.2. The molecule has 0 aliphatic heterocycles. The molecule has 2 aliphatic carbocycles. The second kappa shape index (κ2) is 5.26. The number of amides is 1. The Kier molecular flexibility index (Phi) is 3.33. The van der Waals surface area contributed by atoms with Gasteiger partial charge in [-0.05, 0) is 49.3 Å². The molecule has 0 spiro atoms. The lowest BCUT2D eigenvalue weighted by Gasteiger charge is -2.26. The zero-order valence-electron chi connectivity index (χ0n) is 12.2. The summed E-state index contributed by atoms with van der Waals surface area (Å²) in [6.07, 6.45) is 2.63. The van der Waals surface area contributed by atoms with Crippen LogP contribution in [-0.2, 0) is 9.59 Å². The molecule has 2 saturated carbocycles. The fourth-order valence-corrected chi connectivity index (χ4v) is 5.06. The van der Waals surface area contributed by atoms with Crippen molar-refractivity contribution in [1.29, 1.82) is 0 Å². The van der Waals surface area contributed by atoms with Crippen LogP contribution in [0.15, 0.2) is 18.2 Å². The van der Waals surface area contributed by atoms with Gasteiger partial charge in [0, 0.05) is 0 Å². The molecule has 120 valence electrons. The molecule has 1 aromatic heterocycles. The number of thiazole rings is 1. The molecule has 0 radical (unpaired) electrons. The first kappa shape index (κ1) is 14.6. The molecule has 2 fully saturated rings. The molecule has 0 saturated heterocycles. The number of aromatic nitrogens is 1. The third-order valence-corrected chi connectivity index (χ3v) is 6.02.